The lowest BCUT2D eigenvalue weighted by molar-refractivity contribution is 0.934. The molecule has 0 spiro atoms. The Morgan fingerprint density at radius 3 is 2.88 bits per heavy atom. The maximum atomic E-state index is 4.01. The highest BCUT2D eigenvalue weighted by Gasteiger charge is 1.92. The smallest absolute Gasteiger partial charge is 0.106 e. The number of aromatic nitrogens is 2. The highest BCUT2D eigenvalue weighted by molar-refractivity contribution is 7.98. The van der Waals surface area contributed by atoms with E-state index in [1.165, 1.54) is 0 Å². The van der Waals surface area contributed by atoms with E-state index in [1.54, 1.807) is 22.0 Å². The van der Waals surface area contributed by atoms with Crippen molar-refractivity contribution < 1.29 is 0 Å². The molecule has 0 aromatic carbocycles. The summed E-state index contributed by atoms with van der Waals surface area (Å²) in [5.74, 6) is 0. The summed E-state index contributed by atoms with van der Waals surface area (Å²) in [6.07, 6.45) is 3.71. The fraction of sp³-hybridized carbons (Fsp3) is 0.250. The minimum absolute atomic E-state index is 1.06. The van der Waals surface area contributed by atoms with Crippen LogP contribution in [0, 0.1) is 0 Å². The molecule has 0 fully saturated rings. The van der Waals surface area contributed by atoms with Gasteiger partial charge < -0.3 is 0 Å². The van der Waals surface area contributed by atoms with Gasteiger partial charge in [0.05, 0.1) is 6.20 Å². The third kappa shape index (κ3) is 1.00. The lowest BCUT2D eigenvalue weighted by Crippen LogP contribution is -1.81. The van der Waals surface area contributed by atoms with Crippen LogP contribution in [0.1, 0.15) is 0 Å². The van der Waals surface area contributed by atoms with E-state index in [9.17, 15) is 0 Å². The van der Waals surface area contributed by atoms with Crippen LogP contribution < -0.4 is 0 Å². The molecule has 0 atom stereocenters. The molecule has 8 heavy (non-hydrogen) atoms. The van der Waals surface area contributed by atoms with Crippen molar-refractivity contribution in [1.29, 1.82) is 0 Å². The molecule has 1 heterocycles. The summed E-state index contributed by atoms with van der Waals surface area (Å²) in [5.41, 5.74) is 0. The van der Waals surface area contributed by atoms with Crippen LogP contribution in [0.4, 0.5) is 0 Å². The van der Waals surface area contributed by atoms with E-state index in [0.717, 1.165) is 5.03 Å². The van der Waals surface area contributed by atoms with Crippen LogP contribution in [0.5, 0.6) is 0 Å². The minimum atomic E-state index is 1.06. The predicted octanol–water partition coefficient (Wildman–Crippen LogP) is 1.30. The van der Waals surface area contributed by atoms with Crippen molar-refractivity contribution in [1.82, 2.24) is 9.19 Å². The Morgan fingerprint density at radius 1 is 1.88 bits per heavy atom. The van der Waals surface area contributed by atoms with Crippen molar-refractivity contribution in [3.05, 3.63) is 12.3 Å². The highest BCUT2D eigenvalue weighted by atomic mass is 32.2. The Labute approximate surface area is 57.8 Å². The van der Waals surface area contributed by atoms with Gasteiger partial charge in [-0.1, -0.05) is 0 Å². The first-order chi connectivity index (χ1) is 3.84. The van der Waals surface area contributed by atoms with Crippen LogP contribution in [-0.4, -0.2) is 15.4 Å². The second-order valence-electron chi connectivity index (χ2n) is 1.26. The van der Waals surface area contributed by atoms with E-state index >= 15 is 0 Å². The Balaban J connectivity index is 2.92. The first-order valence-corrected chi connectivity index (χ1v) is 3.74. The number of rotatable bonds is 1. The van der Waals surface area contributed by atoms with E-state index in [0.29, 0.717) is 0 Å². The third-order valence-corrected chi connectivity index (χ3v) is 1.98. The van der Waals surface area contributed by atoms with Crippen molar-refractivity contribution >= 4 is 24.6 Å². The van der Waals surface area contributed by atoms with Crippen LogP contribution in [-0.2, 0) is 0 Å². The summed E-state index contributed by atoms with van der Waals surface area (Å²) >= 11 is 5.64. The molecule has 0 bridgehead atoms. The van der Waals surface area contributed by atoms with Gasteiger partial charge in [-0.25, -0.2) is 4.09 Å². The Hall–Kier alpha value is -0.0900. The maximum Gasteiger partial charge on any atom is 0.106 e. The van der Waals surface area contributed by atoms with Gasteiger partial charge in [0.1, 0.15) is 5.03 Å². The van der Waals surface area contributed by atoms with Crippen molar-refractivity contribution in [3.63, 3.8) is 0 Å². The molecule has 0 N–H and O–H groups in total. The van der Waals surface area contributed by atoms with Crippen molar-refractivity contribution in [2.45, 2.75) is 5.03 Å². The lowest BCUT2D eigenvalue weighted by Gasteiger charge is -1.90. The number of thioether (sulfide) groups is 1. The summed E-state index contributed by atoms with van der Waals surface area (Å²) in [5, 5.41) is 4.91. The average molecular weight is 146 g/mol. The molecule has 0 aliphatic carbocycles. The van der Waals surface area contributed by atoms with Crippen molar-refractivity contribution in [2.75, 3.05) is 6.26 Å². The zero-order valence-corrected chi connectivity index (χ0v) is 6.12. The molecule has 0 saturated heterocycles. The molecule has 0 amide bonds. The molecule has 0 unspecified atom stereocenters. The lowest BCUT2D eigenvalue weighted by atomic mass is 10.8. The van der Waals surface area contributed by atoms with Gasteiger partial charge in [0.15, 0.2) is 0 Å². The van der Waals surface area contributed by atoms with Crippen LogP contribution in [0.15, 0.2) is 17.3 Å². The number of hydrogen-bond acceptors (Lipinski definition) is 3. The molecule has 4 heteroatoms. The summed E-state index contributed by atoms with van der Waals surface area (Å²) in [6, 6.07) is 1.91. The van der Waals surface area contributed by atoms with Crippen molar-refractivity contribution in [2.24, 2.45) is 0 Å². The molecule has 1 aromatic rings. The SMILES string of the molecule is CSc1ccnn1S. The van der Waals surface area contributed by atoms with Gasteiger partial charge in [0.25, 0.3) is 0 Å². The summed E-state index contributed by atoms with van der Waals surface area (Å²) in [6.45, 7) is 0. The van der Waals surface area contributed by atoms with Crippen LogP contribution in [0.3, 0.4) is 0 Å². The predicted molar refractivity (Wildman–Crippen MR) is 38.4 cm³/mol. The first-order valence-electron chi connectivity index (χ1n) is 2.12. The van der Waals surface area contributed by atoms with E-state index in [1.807, 2.05) is 12.3 Å². The largest absolute Gasteiger partial charge is 0.203 e. The normalized spacial score (nSPS) is 9.75. The van der Waals surface area contributed by atoms with Gasteiger partial charge in [0.2, 0.25) is 0 Å². The Morgan fingerprint density at radius 2 is 2.62 bits per heavy atom. The zero-order chi connectivity index (χ0) is 5.98. The second kappa shape index (κ2) is 2.46. The summed E-state index contributed by atoms with van der Waals surface area (Å²) < 4.78 is 1.55. The van der Waals surface area contributed by atoms with Crippen LogP contribution in [0.25, 0.3) is 0 Å². The van der Waals surface area contributed by atoms with E-state index in [2.05, 4.69) is 17.9 Å². The summed E-state index contributed by atoms with van der Waals surface area (Å²) in [4.78, 5) is 0. The molecule has 1 aromatic heterocycles. The Bertz CT molecular complexity index is 172. The topological polar surface area (TPSA) is 17.8 Å². The molecule has 44 valence electrons. The molecular formula is C4H6N2S2. The van der Waals surface area contributed by atoms with E-state index in [-0.39, 0.29) is 0 Å². The molecule has 2 nitrogen and oxygen atoms in total. The van der Waals surface area contributed by atoms with E-state index in [4.69, 9.17) is 0 Å². The number of nitrogens with zero attached hydrogens (tertiary/aromatic N) is 2. The van der Waals surface area contributed by atoms with Gasteiger partial charge in [-0.15, -0.1) is 11.8 Å². The molecular weight excluding hydrogens is 140 g/mol. The van der Waals surface area contributed by atoms with Crippen LogP contribution >= 0.6 is 24.6 Å². The molecule has 1 rings (SSSR count). The second-order valence-corrected chi connectivity index (χ2v) is 2.47. The monoisotopic (exact) mass is 146 g/mol. The fourth-order valence-electron chi connectivity index (χ4n) is 0.434. The van der Waals surface area contributed by atoms with Crippen LogP contribution in [0.2, 0.25) is 0 Å². The fourth-order valence-corrected chi connectivity index (χ4v) is 1.21. The van der Waals surface area contributed by atoms with Crippen molar-refractivity contribution in [3.8, 4) is 0 Å². The van der Waals surface area contributed by atoms with Gasteiger partial charge in [-0.05, 0) is 25.1 Å². The zero-order valence-electron chi connectivity index (χ0n) is 4.40. The molecule has 0 aliphatic heterocycles. The highest BCUT2D eigenvalue weighted by Crippen LogP contribution is 2.12. The molecule has 0 radical (unpaired) electrons. The standard InChI is InChI=1S/C4H6N2S2/c1-8-4-2-3-5-6(4)7/h2-3,7H,1H3. The van der Waals surface area contributed by atoms with Gasteiger partial charge in [-0.2, -0.15) is 5.10 Å². The Kier molecular flexibility index (Phi) is 1.85. The van der Waals surface area contributed by atoms with Gasteiger partial charge in [-0.3, -0.25) is 0 Å². The quantitative estimate of drug-likeness (QED) is 0.475. The molecule has 0 aliphatic rings. The maximum absolute atomic E-state index is 4.01. The van der Waals surface area contributed by atoms with E-state index < -0.39 is 0 Å². The van der Waals surface area contributed by atoms with Gasteiger partial charge >= 0.3 is 0 Å². The number of thiol groups is 1. The van der Waals surface area contributed by atoms with Gasteiger partial charge in [0, 0.05) is 0 Å². The summed E-state index contributed by atoms with van der Waals surface area (Å²) in [7, 11) is 0. The average Bonchev–Trinajstić information content (AvgIpc) is 2.14. The third-order valence-electron chi connectivity index (χ3n) is 0.799. The molecule has 0 saturated carbocycles. The number of hydrogen-bond donors (Lipinski definition) is 1. The minimum Gasteiger partial charge on any atom is -0.203 e. The first kappa shape index (κ1) is 6.04.